The Morgan fingerprint density at radius 1 is 1.00 bits per heavy atom. The maximum absolute atomic E-state index is 12.3. The summed E-state index contributed by atoms with van der Waals surface area (Å²) in [5.74, 6) is -0.120. The fraction of sp³-hybridized carbons (Fsp3) is 0.346. The lowest BCUT2D eigenvalue weighted by Gasteiger charge is -2.43. The van der Waals surface area contributed by atoms with E-state index >= 15 is 0 Å². The first-order valence-corrected chi connectivity index (χ1v) is 11.0. The highest BCUT2D eigenvalue weighted by atomic mass is 16.5. The maximum atomic E-state index is 12.3. The van der Waals surface area contributed by atoms with Crippen LogP contribution in [0.25, 0.3) is 0 Å². The van der Waals surface area contributed by atoms with E-state index in [-0.39, 0.29) is 11.3 Å². The molecule has 1 fully saturated rings. The van der Waals surface area contributed by atoms with Crippen LogP contribution in [0.3, 0.4) is 0 Å². The highest BCUT2D eigenvalue weighted by Gasteiger charge is 2.42. The van der Waals surface area contributed by atoms with Crippen molar-refractivity contribution in [1.29, 1.82) is 0 Å². The second-order valence-corrected chi connectivity index (χ2v) is 9.01. The van der Waals surface area contributed by atoms with Gasteiger partial charge in [0.05, 0.1) is 42.8 Å². The molecule has 0 saturated carbocycles. The molecule has 0 N–H and O–H groups in total. The van der Waals surface area contributed by atoms with E-state index in [0.29, 0.717) is 25.5 Å². The van der Waals surface area contributed by atoms with Crippen LogP contribution < -0.4 is 4.90 Å². The number of ether oxygens (including phenoxy) is 1. The van der Waals surface area contributed by atoms with E-state index in [1.165, 1.54) is 21.6 Å². The average Bonchev–Trinajstić information content (AvgIpc) is 2.79. The number of hydrogen-bond acceptors (Lipinski definition) is 5. The molecule has 0 radical (unpaired) electrons. The third kappa shape index (κ3) is 3.54. The van der Waals surface area contributed by atoms with Crippen LogP contribution in [0, 0.1) is 6.92 Å². The van der Waals surface area contributed by atoms with E-state index in [4.69, 9.17) is 4.74 Å². The van der Waals surface area contributed by atoms with Gasteiger partial charge in [0.1, 0.15) is 5.69 Å². The molecule has 2 aliphatic rings. The van der Waals surface area contributed by atoms with E-state index in [1.807, 2.05) is 0 Å². The summed E-state index contributed by atoms with van der Waals surface area (Å²) in [5.41, 5.74) is 7.22. The van der Waals surface area contributed by atoms with Gasteiger partial charge >= 0.3 is 0 Å². The molecule has 5 rings (SSSR count). The Bertz CT molecular complexity index is 1140. The summed E-state index contributed by atoms with van der Waals surface area (Å²) in [5, 5.41) is 0. The minimum absolute atomic E-state index is 0.0619. The summed E-state index contributed by atoms with van der Waals surface area (Å²) in [6, 6.07) is 17.6. The van der Waals surface area contributed by atoms with Gasteiger partial charge in [-0.3, -0.25) is 9.78 Å². The molecule has 6 heteroatoms. The summed E-state index contributed by atoms with van der Waals surface area (Å²) in [4.78, 5) is 25.2. The SMILES string of the molecule is Cc1ccc(C2(c3ccc(N4CCc5ncc(C(=O)N(C)C)nc5C4)cc3)COC2)cc1. The number of nitrogens with zero attached hydrogens (tertiary/aromatic N) is 4. The number of benzene rings is 2. The maximum Gasteiger partial charge on any atom is 0.273 e. The lowest BCUT2D eigenvalue weighted by atomic mass is 9.73. The zero-order chi connectivity index (χ0) is 22.3. The van der Waals surface area contributed by atoms with E-state index in [2.05, 4.69) is 70.3 Å². The van der Waals surface area contributed by atoms with Crippen LogP contribution in [0.1, 0.15) is 38.6 Å². The van der Waals surface area contributed by atoms with Gasteiger partial charge in [-0.2, -0.15) is 0 Å². The lowest BCUT2D eigenvalue weighted by Crippen LogP contribution is -2.47. The van der Waals surface area contributed by atoms with Crippen molar-refractivity contribution in [3.8, 4) is 0 Å². The van der Waals surface area contributed by atoms with Gasteiger partial charge in [-0.15, -0.1) is 0 Å². The number of carbonyl (C=O) groups excluding carboxylic acids is 1. The number of hydrogen-bond donors (Lipinski definition) is 0. The van der Waals surface area contributed by atoms with Crippen LogP contribution in [0.15, 0.2) is 54.7 Å². The van der Waals surface area contributed by atoms with Crippen molar-refractivity contribution < 1.29 is 9.53 Å². The van der Waals surface area contributed by atoms with Crippen LogP contribution in [0.2, 0.25) is 0 Å². The van der Waals surface area contributed by atoms with Gasteiger partial charge in [-0.1, -0.05) is 42.0 Å². The van der Waals surface area contributed by atoms with Crippen LogP contribution in [-0.4, -0.2) is 54.6 Å². The fourth-order valence-electron chi connectivity index (χ4n) is 4.51. The number of amides is 1. The van der Waals surface area contributed by atoms with Crippen molar-refractivity contribution >= 4 is 11.6 Å². The normalized spacial score (nSPS) is 16.8. The Kier molecular flexibility index (Phi) is 5.18. The molecule has 0 atom stereocenters. The molecule has 2 aliphatic heterocycles. The first-order chi connectivity index (χ1) is 15.5. The lowest BCUT2D eigenvalue weighted by molar-refractivity contribution is -0.0379. The predicted octanol–water partition coefficient (Wildman–Crippen LogP) is 3.37. The Morgan fingerprint density at radius 3 is 2.25 bits per heavy atom. The standard InChI is InChI=1S/C26H28N4O2/c1-18-4-6-19(7-5-18)26(16-32-17-26)20-8-10-21(11-9-20)30-13-12-22-24(15-30)28-23(14-27-22)25(31)29(2)3/h4-11,14H,12-13,15-17H2,1-3H3. The van der Waals surface area contributed by atoms with Crippen molar-refractivity contribution in [2.45, 2.75) is 25.3 Å². The van der Waals surface area contributed by atoms with E-state index in [0.717, 1.165) is 30.0 Å². The van der Waals surface area contributed by atoms with Gasteiger partial charge < -0.3 is 14.5 Å². The van der Waals surface area contributed by atoms with E-state index in [9.17, 15) is 4.79 Å². The second kappa shape index (κ2) is 8.02. The molecule has 32 heavy (non-hydrogen) atoms. The molecule has 6 nitrogen and oxygen atoms in total. The Labute approximate surface area is 188 Å². The molecule has 0 bridgehead atoms. The predicted molar refractivity (Wildman–Crippen MR) is 124 cm³/mol. The number of fused-ring (bicyclic) bond motifs is 1. The molecule has 0 aliphatic carbocycles. The van der Waals surface area contributed by atoms with Crippen molar-refractivity contribution in [3.05, 3.63) is 88.5 Å². The van der Waals surface area contributed by atoms with Gasteiger partial charge in [0.25, 0.3) is 5.91 Å². The number of aromatic nitrogens is 2. The Balaban J connectivity index is 1.38. The molecule has 164 valence electrons. The zero-order valence-electron chi connectivity index (χ0n) is 18.8. The number of carbonyl (C=O) groups is 1. The topological polar surface area (TPSA) is 58.6 Å². The van der Waals surface area contributed by atoms with Gasteiger partial charge in [0.2, 0.25) is 0 Å². The summed E-state index contributed by atoms with van der Waals surface area (Å²) in [7, 11) is 3.46. The largest absolute Gasteiger partial charge is 0.379 e. The molecule has 2 aromatic carbocycles. The van der Waals surface area contributed by atoms with Crippen molar-refractivity contribution in [1.82, 2.24) is 14.9 Å². The van der Waals surface area contributed by atoms with Gasteiger partial charge in [-0.25, -0.2) is 4.98 Å². The molecular weight excluding hydrogens is 400 g/mol. The average molecular weight is 429 g/mol. The molecule has 0 spiro atoms. The van der Waals surface area contributed by atoms with Crippen LogP contribution in [-0.2, 0) is 23.1 Å². The second-order valence-electron chi connectivity index (χ2n) is 9.01. The van der Waals surface area contributed by atoms with Crippen molar-refractivity contribution in [2.75, 3.05) is 38.8 Å². The number of aryl methyl sites for hydroxylation is 1. The van der Waals surface area contributed by atoms with Crippen LogP contribution in [0.5, 0.6) is 0 Å². The Morgan fingerprint density at radius 2 is 1.66 bits per heavy atom. The first-order valence-electron chi connectivity index (χ1n) is 11.0. The van der Waals surface area contributed by atoms with E-state index in [1.54, 1.807) is 20.3 Å². The molecule has 1 aromatic heterocycles. The van der Waals surface area contributed by atoms with Gasteiger partial charge in [-0.05, 0) is 30.2 Å². The van der Waals surface area contributed by atoms with Gasteiger partial charge in [0, 0.05) is 32.7 Å². The van der Waals surface area contributed by atoms with Crippen molar-refractivity contribution in [3.63, 3.8) is 0 Å². The molecule has 1 saturated heterocycles. The zero-order valence-corrected chi connectivity index (χ0v) is 18.8. The summed E-state index contributed by atoms with van der Waals surface area (Å²) in [6.07, 6.45) is 2.42. The number of anilines is 1. The summed E-state index contributed by atoms with van der Waals surface area (Å²) in [6.45, 7) is 5.08. The molecule has 1 amide bonds. The molecule has 0 unspecified atom stereocenters. The van der Waals surface area contributed by atoms with Crippen molar-refractivity contribution in [2.24, 2.45) is 0 Å². The minimum atomic E-state index is -0.120. The quantitative estimate of drug-likeness (QED) is 0.638. The minimum Gasteiger partial charge on any atom is -0.379 e. The van der Waals surface area contributed by atoms with Gasteiger partial charge in [0.15, 0.2) is 0 Å². The third-order valence-corrected chi connectivity index (χ3v) is 6.60. The highest BCUT2D eigenvalue weighted by molar-refractivity contribution is 5.91. The summed E-state index contributed by atoms with van der Waals surface area (Å²) >= 11 is 0. The third-order valence-electron chi connectivity index (χ3n) is 6.60. The van der Waals surface area contributed by atoms with Crippen LogP contribution >= 0.6 is 0 Å². The van der Waals surface area contributed by atoms with E-state index < -0.39 is 0 Å². The molecule has 3 heterocycles. The molecule has 3 aromatic rings. The highest BCUT2D eigenvalue weighted by Crippen LogP contribution is 2.40. The Hall–Kier alpha value is -3.25. The molecular formula is C26H28N4O2. The summed E-state index contributed by atoms with van der Waals surface area (Å²) < 4.78 is 5.65. The monoisotopic (exact) mass is 428 g/mol. The first kappa shape index (κ1) is 20.6. The fourth-order valence-corrected chi connectivity index (χ4v) is 4.51. The number of rotatable bonds is 4. The smallest absolute Gasteiger partial charge is 0.273 e. The van der Waals surface area contributed by atoms with Crippen LogP contribution in [0.4, 0.5) is 5.69 Å².